The molecule has 2 rings (SSSR count). The van der Waals surface area contributed by atoms with Crippen LogP contribution in [0.3, 0.4) is 0 Å². The Morgan fingerprint density at radius 1 is 1.04 bits per heavy atom. The second kappa shape index (κ2) is 8.41. The highest BCUT2D eigenvalue weighted by atomic mass is 16.5. The molecule has 0 aliphatic heterocycles. The predicted molar refractivity (Wildman–Crippen MR) is 96.1 cm³/mol. The number of hydrogen-bond acceptors (Lipinski definition) is 4. The molecule has 6 heteroatoms. The molecule has 0 bridgehead atoms. The van der Waals surface area contributed by atoms with Crippen molar-refractivity contribution in [3.05, 3.63) is 59.7 Å². The average molecular weight is 341 g/mol. The zero-order valence-electron chi connectivity index (χ0n) is 14.3. The molecule has 0 heterocycles. The second-order valence-electron chi connectivity index (χ2n) is 5.91. The van der Waals surface area contributed by atoms with Crippen LogP contribution in [0.4, 0.5) is 0 Å². The monoisotopic (exact) mass is 341 g/mol. The topological polar surface area (TPSA) is 104 Å². The Kier molecular flexibility index (Phi) is 6.27. The van der Waals surface area contributed by atoms with Gasteiger partial charge in [-0.1, -0.05) is 43.3 Å². The zero-order chi connectivity index (χ0) is 18.4. The Balaban J connectivity index is 2.12. The van der Waals surface area contributed by atoms with Gasteiger partial charge in [0, 0.05) is 11.6 Å². The molecule has 2 atom stereocenters. The molecule has 0 aliphatic carbocycles. The first-order valence-corrected chi connectivity index (χ1v) is 8.16. The van der Waals surface area contributed by atoms with Gasteiger partial charge in [-0.3, -0.25) is 14.8 Å². The van der Waals surface area contributed by atoms with Crippen LogP contribution in [-0.4, -0.2) is 29.1 Å². The summed E-state index contributed by atoms with van der Waals surface area (Å²) in [7, 11) is 0. The predicted octanol–water partition coefficient (Wildman–Crippen LogP) is 1.87. The lowest BCUT2D eigenvalue weighted by atomic mass is 10.0. The zero-order valence-corrected chi connectivity index (χ0v) is 14.3. The molecule has 132 valence electrons. The summed E-state index contributed by atoms with van der Waals surface area (Å²) in [5.74, 6) is -1.19. The van der Waals surface area contributed by atoms with Crippen LogP contribution in [-0.2, 0) is 11.2 Å². The van der Waals surface area contributed by atoms with Crippen molar-refractivity contribution in [2.45, 2.75) is 32.4 Å². The molecule has 2 amide bonds. The van der Waals surface area contributed by atoms with Crippen molar-refractivity contribution in [1.29, 1.82) is 0 Å². The largest absolute Gasteiger partial charge is 0.339 e. The molecule has 6 nitrogen and oxygen atoms in total. The second-order valence-corrected chi connectivity index (χ2v) is 5.91. The highest BCUT2D eigenvalue weighted by Gasteiger charge is 2.24. The van der Waals surface area contributed by atoms with Crippen LogP contribution in [0, 0.1) is 0 Å². The molecular weight excluding hydrogens is 318 g/mol. The molecule has 0 radical (unpaired) electrons. The Morgan fingerprint density at radius 2 is 1.56 bits per heavy atom. The highest BCUT2D eigenvalue weighted by molar-refractivity contribution is 5.98. The maximum atomic E-state index is 12.3. The standard InChI is InChI=1S/C19H23N3O3/c1-3-13-4-6-14(7-5-13)15-8-10-16(11-9-15)18(23)21-17(12(2)20)19(24)22-25/h4-12,17,25H,3,20H2,1-2H3,(H,21,23)(H,22,24)/t12-,17?/m1/s1. The van der Waals surface area contributed by atoms with Gasteiger partial charge < -0.3 is 11.1 Å². The van der Waals surface area contributed by atoms with Crippen molar-refractivity contribution in [1.82, 2.24) is 10.8 Å². The Bertz CT molecular complexity index is 725. The lowest BCUT2D eigenvalue weighted by molar-refractivity contribution is -0.131. The molecule has 0 saturated heterocycles. The molecule has 0 fully saturated rings. The third-order valence-corrected chi connectivity index (χ3v) is 4.05. The van der Waals surface area contributed by atoms with Gasteiger partial charge in [0.15, 0.2) is 0 Å². The number of aryl methyl sites for hydroxylation is 1. The number of nitrogens with one attached hydrogen (secondary N) is 2. The smallest absolute Gasteiger partial charge is 0.267 e. The molecule has 2 aromatic rings. The van der Waals surface area contributed by atoms with E-state index >= 15 is 0 Å². The van der Waals surface area contributed by atoms with E-state index < -0.39 is 23.9 Å². The molecule has 1 unspecified atom stereocenters. The van der Waals surface area contributed by atoms with Gasteiger partial charge in [0.2, 0.25) is 0 Å². The van der Waals surface area contributed by atoms with E-state index in [1.807, 2.05) is 24.3 Å². The SMILES string of the molecule is CCc1ccc(-c2ccc(C(=O)NC(C(=O)NO)[C@@H](C)N)cc2)cc1. The van der Waals surface area contributed by atoms with Gasteiger partial charge in [-0.05, 0) is 42.2 Å². The number of benzene rings is 2. The number of carbonyl (C=O) groups excluding carboxylic acids is 2. The molecular formula is C19H23N3O3. The summed E-state index contributed by atoms with van der Waals surface area (Å²) in [5.41, 5.74) is 10.9. The van der Waals surface area contributed by atoms with E-state index in [1.54, 1.807) is 19.1 Å². The van der Waals surface area contributed by atoms with Crippen molar-refractivity contribution >= 4 is 11.8 Å². The van der Waals surface area contributed by atoms with E-state index in [4.69, 9.17) is 10.9 Å². The lowest BCUT2D eigenvalue weighted by Gasteiger charge is -2.20. The van der Waals surface area contributed by atoms with Crippen molar-refractivity contribution in [2.24, 2.45) is 5.73 Å². The summed E-state index contributed by atoms with van der Waals surface area (Å²) in [6, 6.07) is 13.7. The first-order valence-electron chi connectivity index (χ1n) is 8.16. The van der Waals surface area contributed by atoms with Gasteiger partial charge in [-0.25, -0.2) is 5.48 Å². The summed E-state index contributed by atoms with van der Waals surface area (Å²) < 4.78 is 0. The Morgan fingerprint density at radius 3 is 2.00 bits per heavy atom. The van der Waals surface area contributed by atoms with Crippen LogP contribution in [0.5, 0.6) is 0 Å². The maximum Gasteiger partial charge on any atom is 0.267 e. The van der Waals surface area contributed by atoms with Gasteiger partial charge >= 0.3 is 0 Å². The average Bonchev–Trinajstić information content (AvgIpc) is 2.65. The van der Waals surface area contributed by atoms with Crippen molar-refractivity contribution in [3.63, 3.8) is 0 Å². The number of hydrogen-bond donors (Lipinski definition) is 4. The lowest BCUT2D eigenvalue weighted by Crippen LogP contribution is -2.54. The summed E-state index contributed by atoms with van der Waals surface area (Å²) in [5, 5.41) is 11.3. The number of hydroxylamine groups is 1. The van der Waals surface area contributed by atoms with E-state index in [0.29, 0.717) is 5.56 Å². The fourth-order valence-electron chi connectivity index (χ4n) is 2.48. The maximum absolute atomic E-state index is 12.3. The molecule has 5 N–H and O–H groups in total. The summed E-state index contributed by atoms with van der Waals surface area (Å²) in [6.07, 6.45) is 0.988. The van der Waals surface area contributed by atoms with Crippen LogP contribution in [0.1, 0.15) is 29.8 Å². The molecule has 0 aliphatic rings. The van der Waals surface area contributed by atoms with Gasteiger partial charge in [0.1, 0.15) is 6.04 Å². The van der Waals surface area contributed by atoms with Gasteiger partial charge in [0.05, 0.1) is 0 Å². The molecule has 0 aromatic heterocycles. The quantitative estimate of drug-likeness (QED) is 0.475. The van der Waals surface area contributed by atoms with E-state index in [-0.39, 0.29) is 0 Å². The Hall–Kier alpha value is -2.70. The minimum absolute atomic E-state index is 0.408. The van der Waals surface area contributed by atoms with Crippen molar-refractivity contribution < 1.29 is 14.8 Å². The van der Waals surface area contributed by atoms with E-state index in [0.717, 1.165) is 17.5 Å². The third-order valence-electron chi connectivity index (χ3n) is 4.05. The highest BCUT2D eigenvalue weighted by Crippen LogP contribution is 2.20. The minimum atomic E-state index is -1.02. The normalized spacial score (nSPS) is 13.0. The van der Waals surface area contributed by atoms with Gasteiger partial charge in [0.25, 0.3) is 11.8 Å². The van der Waals surface area contributed by atoms with Crippen LogP contribution in [0.15, 0.2) is 48.5 Å². The van der Waals surface area contributed by atoms with E-state index in [1.165, 1.54) is 11.0 Å². The summed E-state index contributed by atoms with van der Waals surface area (Å²) >= 11 is 0. The van der Waals surface area contributed by atoms with Crippen molar-refractivity contribution in [2.75, 3.05) is 0 Å². The van der Waals surface area contributed by atoms with Crippen LogP contribution < -0.4 is 16.5 Å². The number of nitrogens with two attached hydrogens (primary N) is 1. The number of carbonyl (C=O) groups is 2. The van der Waals surface area contributed by atoms with E-state index in [2.05, 4.69) is 24.4 Å². The van der Waals surface area contributed by atoms with Crippen molar-refractivity contribution in [3.8, 4) is 11.1 Å². The van der Waals surface area contributed by atoms with Gasteiger partial charge in [-0.15, -0.1) is 0 Å². The molecule has 2 aromatic carbocycles. The number of rotatable bonds is 6. The fourth-order valence-corrected chi connectivity index (χ4v) is 2.48. The van der Waals surface area contributed by atoms with Crippen LogP contribution in [0.2, 0.25) is 0 Å². The molecule has 25 heavy (non-hydrogen) atoms. The third kappa shape index (κ3) is 4.65. The van der Waals surface area contributed by atoms with Crippen LogP contribution >= 0.6 is 0 Å². The summed E-state index contributed by atoms with van der Waals surface area (Å²) in [4.78, 5) is 23.8. The number of amides is 2. The molecule has 0 saturated carbocycles. The minimum Gasteiger partial charge on any atom is -0.339 e. The first-order chi connectivity index (χ1) is 12.0. The first kappa shape index (κ1) is 18.6. The van der Waals surface area contributed by atoms with Crippen LogP contribution in [0.25, 0.3) is 11.1 Å². The summed E-state index contributed by atoms with van der Waals surface area (Å²) in [6.45, 7) is 3.68. The fraction of sp³-hybridized carbons (Fsp3) is 0.263. The van der Waals surface area contributed by atoms with E-state index in [9.17, 15) is 9.59 Å². The molecule has 0 spiro atoms. The van der Waals surface area contributed by atoms with Gasteiger partial charge in [-0.2, -0.15) is 0 Å². The Labute approximate surface area is 147 Å².